The van der Waals surface area contributed by atoms with Gasteiger partial charge in [0.05, 0.1) is 0 Å². The van der Waals surface area contributed by atoms with Crippen LogP contribution in [0.3, 0.4) is 0 Å². The van der Waals surface area contributed by atoms with Gasteiger partial charge in [-0.1, -0.05) is 54.6 Å². The topological polar surface area (TPSA) is 41.6 Å². The summed E-state index contributed by atoms with van der Waals surface area (Å²) in [6, 6.07) is 30.3. The summed E-state index contributed by atoms with van der Waals surface area (Å²) in [6.45, 7) is 2.20. The lowest BCUT2D eigenvalue weighted by atomic mass is 10.0. The van der Waals surface area contributed by atoms with Crippen LogP contribution in [0.25, 0.3) is 10.8 Å². The number of hydrogen-bond acceptors (Lipinski definition) is 3. The van der Waals surface area contributed by atoms with Gasteiger partial charge in [0, 0.05) is 24.3 Å². The fraction of sp³-hybridized carbons (Fsp3) is 0.233. The summed E-state index contributed by atoms with van der Waals surface area (Å²) in [4.78, 5) is 15.0. The maximum Gasteiger partial charge on any atom is 0.255 e. The van der Waals surface area contributed by atoms with Gasteiger partial charge < -0.3 is 15.0 Å². The van der Waals surface area contributed by atoms with E-state index >= 15 is 0 Å². The average Bonchev–Trinajstić information content (AvgIpc) is 2.87. The second kappa shape index (κ2) is 10.1. The van der Waals surface area contributed by atoms with Gasteiger partial charge in [0.15, 0.2) is 0 Å². The molecule has 0 unspecified atom stereocenters. The van der Waals surface area contributed by atoms with E-state index in [1.807, 2.05) is 54.6 Å². The minimum atomic E-state index is -0.0984. The van der Waals surface area contributed by atoms with Crippen LogP contribution in [0.2, 0.25) is 0 Å². The highest BCUT2D eigenvalue weighted by Gasteiger charge is 2.17. The summed E-state index contributed by atoms with van der Waals surface area (Å²) in [7, 11) is 2.16. The molecule has 0 bridgehead atoms. The van der Waals surface area contributed by atoms with Gasteiger partial charge in [0.25, 0.3) is 5.91 Å². The molecule has 1 amide bonds. The maximum absolute atomic E-state index is 12.7. The molecule has 0 radical (unpaired) electrons. The van der Waals surface area contributed by atoms with Crippen molar-refractivity contribution in [2.45, 2.75) is 25.4 Å². The summed E-state index contributed by atoms with van der Waals surface area (Å²) in [5.41, 5.74) is 3.89. The van der Waals surface area contributed by atoms with Crippen molar-refractivity contribution in [2.75, 3.05) is 25.5 Å². The number of benzene rings is 4. The number of hydrogen-bond donors (Lipinski definition) is 1. The zero-order valence-electron chi connectivity index (χ0n) is 19.5. The van der Waals surface area contributed by atoms with Gasteiger partial charge in [-0.15, -0.1) is 0 Å². The van der Waals surface area contributed by atoms with E-state index in [1.165, 1.54) is 11.1 Å². The number of nitrogens with zero attached hydrogens (tertiary/aromatic N) is 1. The van der Waals surface area contributed by atoms with Crippen LogP contribution in [-0.4, -0.2) is 37.0 Å². The third kappa shape index (κ3) is 5.46. The SMILES string of the molecule is CN1CCC(Oc2ccc(Cc3ccc(NC(=O)c4ccc5ccccc5c4)cc3)cc2)CC1. The second-order valence-corrected chi connectivity index (χ2v) is 9.15. The highest BCUT2D eigenvalue weighted by atomic mass is 16.5. The summed E-state index contributed by atoms with van der Waals surface area (Å²) >= 11 is 0. The molecular formula is C30H30N2O2. The van der Waals surface area contributed by atoms with Crippen LogP contribution < -0.4 is 10.1 Å². The molecule has 1 N–H and O–H groups in total. The minimum absolute atomic E-state index is 0.0984. The molecule has 1 heterocycles. The zero-order valence-corrected chi connectivity index (χ0v) is 19.5. The molecule has 4 aromatic carbocycles. The molecule has 4 aromatic rings. The Bertz CT molecular complexity index is 1260. The molecular weight excluding hydrogens is 420 g/mol. The fourth-order valence-corrected chi connectivity index (χ4v) is 4.46. The average molecular weight is 451 g/mol. The predicted molar refractivity (Wildman–Crippen MR) is 139 cm³/mol. The number of amides is 1. The smallest absolute Gasteiger partial charge is 0.255 e. The first-order valence-corrected chi connectivity index (χ1v) is 12.0. The number of anilines is 1. The van der Waals surface area contributed by atoms with Crippen molar-refractivity contribution < 1.29 is 9.53 Å². The molecule has 172 valence electrons. The standard InChI is InChI=1S/C30H30N2O2/c1-32-18-16-29(17-19-32)34-28-14-8-23(9-15-28)20-22-6-12-27(13-7-22)31-30(33)26-11-10-24-4-2-3-5-25(24)21-26/h2-15,21,29H,16-20H2,1H3,(H,31,33). The molecule has 1 fully saturated rings. The van der Waals surface area contributed by atoms with Crippen LogP contribution in [0.4, 0.5) is 5.69 Å². The first kappa shape index (κ1) is 22.2. The van der Waals surface area contributed by atoms with Crippen LogP contribution in [0.1, 0.15) is 34.3 Å². The number of nitrogens with one attached hydrogen (secondary N) is 1. The lowest BCUT2D eigenvalue weighted by molar-refractivity contribution is 0.102. The highest BCUT2D eigenvalue weighted by molar-refractivity contribution is 6.06. The van der Waals surface area contributed by atoms with E-state index in [4.69, 9.17) is 4.74 Å². The Morgan fingerprint density at radius 2 is 1.50 bits per heavy atom. The number of ether oxygens (including phenoxy) is 1. The van der Waals surface area contributed by atoms with E-state index in [1.54, 1.807) is 0 Å². The Morgan fingerprint density at radius 1 is 0.853 bits per heavy atom. The van der Waals surface area contributed by atoms with Crippen molar-refractivity contribution >= 4 is 22.4 Å². The van der Waals surface area contributed by atoms with E-state index in [0.717, 1.165) is 54.6 Å². The Morgan fingerprint density at radius 3 is 2.21 bits per heavy atom. The third-order valence-corrected chi connectivity index (χ3v) is 6.52. The van der Waals surface area contributed by atoms with E-state index in [0.29, 0.717) is 11.7 Å². The van der Waals surface area contributed by atoms with Gasteiger partial charge in [-0.2, -0.15) is 0 Å². The number of piperidine rings is 1. The molecule has 0 spiro atoms. The first-order valence-electron chi connectivity index (χ1n) is 12.0. The molecule has 4 heteroatoms. The lowest BCUT2D eigenvalue weighted by Crippen LogP contribution is -2.35. The van der Waals surface area contributed by atoms with Crippen molar-refractivity contribution in [3.8, 4) is 5.75 Å². The van der Waals surface area contributed by atoms with Gasteiger partial charge in [-0.3, -0.25) is 4.79 Å². The molecule has 1 aliphatic heterocycles. The number of rotatable bonds is 6. The number of fused-ring (bicyclic) bond motifs is 1. The van der Waals surface area contributed by atoms with Crippen LogP contribution >= 0.6 is 0 Å². The van der Waals surface area contributed by atoms with Crippen LogP contribution in [-0.2, 0) is 6.42 Å². The van der Waals surface area contributed by atoms with Gasteiger partial charge in [-0.25, -0.2) is 0 Å². The molecule has 0 aromatic heterocycles. The molecule has 0 aliphatic carbocycles. The molecule has 1 saturated heterocycles. The molecule has 5 rings (SSSR count). The Kier molecular flexibility index (Phi) is 6.59. The van der Waals surface area contributed by atoms with Crippen LogP contribution in [0.15, 0.2) is 91.0 Å². The van der Waals surface area contributed by atoms with Crippen LogP contribution in [0, 0.1) is 0 Å². The summed E-state index contributed by atoms with van der Waals surface area (Å²) in [5.74, 6) is 0.851. The van der Waals surface area contributed by atoms with E-state index in [9.17, 15) is 4.79 Å². The molecule has 1 aliphatic rings. The van der Waals surface area contributed by atoms with E-state index in [-0.39, 0.29) is 5.91 Å². The molecule has 34 heavy (non-hydrogen) atoms. The van der Waals surface area contributed by atoms with Crippen molar-refractivity contribution in [1.29, 1.82) is 0 Å². The monoisotopic (exact) mass is 450 g/mol. The quantitative estimate of drug-likeness (QED) is 0.383. The van der Waals surface area contributed by atoms with E-state index in [2.05, 4.69) is 53.7 Å². The first-order chi connectivity index (χ1) is 16.6. The Balaban J connectivity index is 1.16. The minimum Gasteiger partial charge on any atom is -0.490 e. The van der Waals surface area contributed by atoms with Crippen molar-refractivity contribution in [2.24, 2.45) is 0 Å². The Hall–Kier alpha value is -3.63. The maximum atomic E-state index is 12.7. The van der Waals surface area contributed by atoms with Gasteiger partial charge in [0.2, 0.25) is 0 Å². The van der Waals surface area contributed by atoms with Crippen LogP contribution in [0.5, 0.6) is 5.75 Å². The van der Waals surface area contributed by atoms with Gasteiger partial charge in [0.1, 0.15) is 11.9 Å². The summed E-state index contributed by atoms with van der Waals surface area (Å²) in [5, 5.41) is 5.20. The Labute approximate surface area is 201 Å². The molecule has 0 atom stereocenters. The predicted octanol–water partition coefficient (Wildman–Crippen LogP) is 6.16. The fourth-order valence-electron chi connectivity index (χ4n) is 4.46. The van der Waals surface area contributed by atoms with Crippen molar-refractivity contribution in [3.63, 3.8) is 0 Å². The molecule has 0 saturated carbocycles. The van der Waals surface area contributed by atoms with Gasteiger partial charge in [-0.05, 0) is 84.6 Å². The lowest BCUT2D eigenvalue weighted by Gasteiger charge is -2.29. The second-order valence-electron chi connectivity index (χ2n) is 9.15. The number of likely N-dealkylation sites (tertiary alicyclic amines) is 1. The normalized spacial score (nSPS) is 14.7. The van der Waals surface area contributed by atoms with Crippen molar-refractivity contribution in [1.82, 2.24) is 4.90 Å². The summed E-state index contributed by atoms with van der Waals surface area (Å²) < 4.78 is 6.15. The molecule has 4 nitrogen and oxygen atoms in total. The zero-order chi connectivity index (χ0) is 23.3. The van der Waals surface area contributed by atoms with Gasteiger partial charge >= 0.3 is 0 Å². The van der Waals surface area contributed by atoms with E-state index < -0.39 is 0 Å². The summed E-state index contributed by atoms with van der Waals surface area (Å²) in [6.07, 6.45) is 3.33. The third-order valence-electron chi connectivity index (χ3n) is 6.52. The number of carbonyl (C=O) groups is 1. The largest absolute Gasteiger partial charge is 0.490 e. The highest BCUT2D eigenvalue weighted by Crippen LogP contribution is 2.21. The number of carbonyl (C=O) groups excluding carboxylic acids is 1. The van der Waals surface area contributed by atoms with Crippen molar-refractivity contribution in [3.05, 3.63) is 108 Å².